The zero-order valence-corrected chi connectivity index (χ0v) is 13.0. The highest BCUT2D eigenvalue weighted by Crippen LogP contribution is 2.33. The Morgan fingerprint density at radius 1 is 0.818 bits per heavy atom. The molecule has 0 aliphatic heterocycles. The molecule has 1 aliphatic carbocycles. The minimum atomic E-state index is 0.724. The van der Waals surface area contributed by atoms with Crippen LogP contribution in [0.25, 0.3) is 0 Å². The van der Waals surface area contributed by atoms with Crippen LogP contribution in [0, 0.1) is 0 Å². The summed E-state index contributed by atoms with van der Waals surface area (Å²) in [7, 11) is 3.44. The van der Waals surface area contributed by atoms with Gasteiger partial charge in [-0.05, 0) is 60.1 Å². The van der Waals surface area contributed by atoms with E-state index in [-0.39, 0.29) is 0 Å². The van der Waals surface area contributed by atoms with Gasteiger partial charge < -0.3 is 9.47 Å². The Morgan fingerprint density at radius 3 is 1.73 bits per heavy atom. The molecule has 114 valence electrons. The van der Waals surface area contributed by atoms with Gasteiger partial charge in [0.05, 0.1) is 14.2 Å². The molecule has 1 aliphatic rings. The average Bonchev–Trinajstić information content (AvgIpc) is 2.56. The number of aryl methyl sites for hydroxylation is 4. The van der Waals surface area contributed by atoms with Crippen LogP contribution in [-0.2, 0) is 25.7 Å². The first-order chi connectivity index (χ1) is 10.8. The van der Waals surface area contributed by atoms with Gasteiger partial charge in [0.15, 0.2) is 0 Å². The Labute approximate surface area is 130 Å². The number of carbonyl (C=O) groups is 1. The molecule has 22 heavy (non-hydrogen) atoms. The summed E-state index contributed by atoms with van der Waals surface area (Å²) in [6.45, 7) is 0. The molecule has 4 bridgehead atoms. The van der Waals surface area contributed by atoms with Crippen LogP contribution >= 0.6 is 0 Å². The number of para-hydroxylation sites is 1. The van der Waals surface area contributed by atoms with Gasteiger partial charge >= 0.3 is 0 Å². The van der Waals surface area contributed by atoms with Crippen molar-refractivity contribution in [3.63, 3.8) is 0 Å². The third-order valence-electron chi connectivity index (χ3n) is 4.31. The van der Waals surface area contributed by atoms with Crippen molar-refractivity contribution in [1.82, 2.24) is 0 Å². The number of aldehydes is 1. The lowest BCUT2D eigenvalue weighted by molar-refractivity contribution is 0.112. The molecule has 0 unspecified atom stereocenters. The van der Waals surface area contributed by atoms with Gasteiger partial charge in [0.2, 0.25) is 0 Å². The second-order valence-electron chi connectivity index (χ2n) is 5.60. The molecule has 3 nitrogen and oxygen atoms in total. The van der Waals surface area contributed by atoms with Gasteiger partial charge in [0.1, 0.15) is 17.8 Å². The third kappa shape index (κ3) is 2.59. The van der Waals surface area contributed by atoms with E-state index in [4.69, 9.17) is 9.47 Å². The average molecular weight is 296 g/mol. The molecule has 0 aromatic heterocycles. The Balaban J connectivity index is 2.10. The number of ether oxygens (including phenoxy) is 2. The van der Waals surface area contributed by atoms with Gasteiger partial charge in [-0.15, -0.1) is 0 Å². The molecule has 3 heteroatoms. The molecular weight excluding hydrogens is 276 g/mol. The molecule has 0 heterocycles. The number of fused-ring (bicyclic) bond motifs is 4. The summed E-state index contributed by atoms with van der Waals surface area (Å²) in [4.78, 5) is 11.2. The summed E-state index contributed by atoms with van der Waals surface area (Å²) < 4.78 is 11.3. The van der Waals surface area contributed by atoms with E-state index >= 15 is 0 Å². The van der Waals surface area contributed by atoms with Crippen molar-refractivity contribution in [1.29, 1.82) is 0 Å². The van der Waals surface area contributed by atoms with E-state index in [9.17, 15) is 4.79 Å². The van der Waals surface area contributed by atoms with Crippen molar-refractivity contribution in [2.24, 2.45) is 0 Å². The van der Waals surface area contributed by atoms with Gasteiger partial charge in [0.25, 0.3) is 0 Å². The zero-order valence-electron chi connectivity index (χ0n) is 13.0. The molecule has 0 N–H and O–H groups in total. The highest BCUT2D eigenvalue weighted by Gasteiger charge is 2.17. The van der Waals surface area contributed by atoms with Gasteiger partial charge in [-0.1, -0.05) is 18.2 Å². The van der Waals surface area contributed by atoms with Gasteiger partial charge in [-0.3, -0.25) is 4.79 Å². The maximum absolute atomic E-state index is 11.2. The van der Waals surface area contributed by atoms with E-state index in [2.05, 4.69) is 18.2 Å². The molecule has 0 spiro atoms. The van der Waals surface area contributed by atoms with Crippen LogP contribution < -0.4 is 9.47 Å². The van der Waals surface area contributed by atoms with Crippen molar-refractivity contribution in [2.45, 2.75) is 25.7 Å². The molecular formula is C19H20O3. The van der Waals surface area contributed by atoms with Gasteiger partial charge in [0, 0.05) is 5.56 Å². The fraction of sp³-hybridized carbons (Fsp3) is 0.316. The van der Waals surface area contributed by atoms with E-state index in [1.807, 2.05) is 12.1 Å². The van der Waals surface area contributed by atoms with Crippen molar-refractivity contribution < 1.29 is 14.3 Å². The van der Waals surface area contributed by atoms with Crippen LogP contribution in [0.15, 0.2) is 30.3 Å². The largest absolute Gasteiger partial charge is 0.496 e. The summed E-state index contributed by atoms with van der Waals surface area (Å²) in [5, 5.41) is 0. The minimum absolute atomic E-state index is 0.724. The zero-order chi connectivity index (χ0) is 15.5. The van der Waals surface area contributed by atoms with E-state index in [1.165, 1.54) is 11.1 Å². The maximum atomic E-state index is 11.2. The monoisotopic (exact) mass is 296 g/mol. The number of hydrogen-bond donors (Lipinski definition) is 0. The SMILES string of the molecule is COc1c2cccc1CCc1cc(C=O)cc(c1OC)CC2. The van der Waals surface area contributed by atoms with Crippen LogP contribution in [0.2, 0.25) is 0 Å². The smallest absolute Gasteiger partial charge is 0.150 e. The topological polar surface area (TPSA) is 35.5 Å². The van der Waals surface area contributed by atoms with Crippen LogP contribution in [-0.4, -0.2) is 20.5 Å². The maximum Gasteiger partial charge on any atom is 0.150 e. The first-order valence-electron chi connectivity index (χ1n) is 7.56. The molecule has 0 radical (unpaired) electrons. The predicted molar refractivity (Wildman–Crippen MR) is 86.2 cm³/mol. The fourth-order valence-electron chi connectivity index (χ4n) is 3.32. The van der Waals surface area contributed by atoms with Crippen LogP contribution in [0.4, 0.5) is 0 Å². The lowest BCUT2D eigenvalue weighted by Crippen LogP contribution is -2.07. The van der Waals surface area contributed by atoms with Gasteiger partial charge in [-0.2, -0.15) is 0 Å². The summed E-state index contributed by atoms with van der Waals surface area (Å²) in [5.41, 5.74) is 5.33. The van der Waals surface area contributed by atoms with Crippen LogP contribution in [0.1, 0.15) is 32.6 Å². The molecule has 0 amide bonds. The number of hydrogen-bond acceptors (Lipinski definition) is 3. The Morgan fingerprint density at radius 2 is 1.27 bits per heavy atom. The third-order valence-corrected chi connectivity index (χ3v) is 4.31. The molecule has 2 aromatic rings. The van der Waals surface area contributed by atoms with Crippen LogP contribution in [0.3, 0.4) is 0 Å². The summed E-state index contributed by atoms with van der Waals surface area (Å²) in [5.74, 6) is 1.93. The molecule has 0 atom stereocenters. The molecule has 3 rings (SSSR count). The Hall–Kier alpha value is -2.29. The van der Waals surface area contributed by atoms with Crippen LogP contribution in [0.5, 0.6) is 11.5 Å². The molecule has 0 saturated carbocycles. The van der Waals surface area contributed by atoms with E-state index in [0.29, 0.717) is 0 Å². The van der Waals surface area contributed by atoms with E-state index in [1.54, 1.807) is 14.2 Å². The summed E-state index contributed by atoms with van der Waals surface area (Å²) >= 11 is 0. The first-order valence-corrected chi connectivity index (χ1v) is 7.56. The highest BCUT2D eigenvalue weighted by molar-refractivity contribution is 5.76. The van der Waals surface area contributed by atoms with Gasteiger partial charge in [-0.25, -0.2) is 0 Å². The normalized spacial score (nSPS) is 13.4. The standard InChI is InChI=1S/C19H20O3/c1-21-18-14-4-3-5-15(18)7-9-17-11-13(12-20)10-16(8-6-14)19(17)22-2/h3-5,10-12H,6-9H2,1-2H3. The number of benzene rings is 2. The Bertz CT molecular complexity index is 657. The second kappa shape index (κ2) is 6.22. The second-order valence-corrected chi connectivity index (χ2v) is 5.60. The number of methoxy groups -OCH3 is 2. The minimum Gasteiger partial charge on any atom is -0.496 e. The van der Waals surface area contributed by atoms with E-state index < -0.39 is 0 Å². The first kappa shape index (κ1) is 14.6. The van der Waals surface area contributed by atoms with Crippen molar-refractivity contribution >= 4 is 6.29 Å². The van der Waals surface area contributed by atoms with E-state index in [0.717, 1.165) is 60.2 Å². The lowest BCUT2D eigenvalue weighted by Gasteiger charge is -2.19. The van der Waals surface area contributed by atoms with Crippen molar-refractivity contribution in [2.75, 3.05) is 14.2 Å². The fourth-order valence-corrected chi connectivity index (χ4v) is 3.32. The lowest BCUT2D eigenvalue weighted by atomic mass is 9.91. The summed E-state index contributed by atoms with van der Waals surface area (Å²) in [6, 6.07) is 10.2. The highest BCUT2D eigenvalue weighted by atomic mass is 16.5. The number of carbonyl (C=O) groups excluding carboxylic acids is 1. The molecule has 2 aromatic carbocycles. The van der Waals surface area contributed by atoms with Crippen molar-refractivity contribution in [3.8, 4) is 11.5 Å². The summed E-state index contributed by atoms with van der Waals surface area (Å²) in [6.07, 6.45) is 4.32. The van der Waals surface area contributed by atoms with Crippen molar-refractivity contribution in [3.05, 3.63) is 58.1 Å². The molecule has 0 fully saturated rings. The number of rotatable bonds is 3. The predicted octanol–water partition coefficient (Wildman–Crippen LogP) is 3.40. The quantitative estimate of drug-likeness (QED) is 0.814. The molecule has 0 saturated heterocycles. The Kier molecular flexibility index (Phi) is 4.14.